The molecule has 3 heteroatoms. The molecule has 0 amide bonds. The lowest BCUT2D eigenvalue weighted by molar-refractivity contribution is 0.0886. The van der Waals surface area contributed by atoms with Crippen molar-refractivity contribution < 1.29 is 4.42 Å². The second kappa shape index (κ2) is 6.97. The first-order valence-corrected chi connectivity index (χ1v) is 8.34. The zero-order valence-corrected chi connectivity index (χ0v) is 14.1. The molecule has 1 fully saturated rings. The molecule has 0 saturated heterocycles. The number of hydrogen-bond acceptors (Lipinski definition) is 3. The van der Waals surface area contributed by atoms with E-state index in [1.54, 1.807) is 6.26 Å². The van der Waals surface area contributed by atoms with E-state index in [-0.39, 0.29) is 0 Å². The molecule has 1 aliphatic rings. The van der Waals surface area contributed by atoms with Gasteiger partial charge in [0.05, 0.1) is 12.8 Å². The third-order valence-electron chi connectivity index (χ3n) is 5.33. The lowest BCUT2D eigenvalue weighted by Crippen LogP contribution is -2.44. The number of furan rings is 1. The predicted octanol–water partition coefficient (Wildman–Crippen LogP) is 3.89. The molecule has 21 heavy (non-hydrogen) atoms. The highest BCUT2D eigenvalue weighted by Crippen LogP contribution is 2.41. The standard InChI is InChI=1S/C18H32N2O/c1-18(2,3)15-9-7-14(8-10-15)17(12-19)20(4)13-16-6-5-11-21-16/h5-6,11,14-15,17H,7-10,12-13,19H2,1-4H3. The van der Waals surface area contributed by atoms with Crippen LogP contribution in [0.25, 0.3) is 0 Å². The second-order valence-corrected chi connectivity index (χ2v) is 7.78. The average molecular weight is 292 g/mol. The van der Waals surface area contributed by atoms with Crippen molar-refractivity contribution in [2.24, 2.45) is 23.0 Å². The Balaban J connectivity index is 1.90. The molecule has 0 radical (unpaired) electrons. The van der Waals surface area contributed by atoms with E-state index in [1.165, 1.54) is 25.7 Å². The van der Waals surface area contributed by atoms with Crippen molar-refractivity contribution in [3.63, 3.8) is 0 Å². The highest BCUT2D eigenvalue weighted by molar-refractivity contribution is 4.98. The van der Waals surface area contributed by atoms with Gasteiger partial charge in [-0.05, 0) is 62.1 Å². The SMILES string of the molecule is CN(Cc1ccco1)C(CN)C1CCC(C(C)(C)C)CC1. The Hall–Kier alpha value is -0.800. The molecule has 3 nitrogen and oxygen atoms in total. The van der Waals surface area contributed by atoms with Crippen LogP contribution < -0.4 is 5.73 Å². The smallest absolute Gasteiger partial charge is 0.117 e. The van der Waals surface area contributed by atoms with Gasteiger partial charge in [-0.3, -0.25) is 4.90 Å². The fourth-order valence-corrected chi connectivity index (χ4v) is 3.87. The summed E-state index contributed by atoms with van der Waals surface area (Å²) in [5, 5.41) is 0. The Morgan fingerprint density at radius 2 is 1.95 bits per heavy atom. The summed E-state index contributed by atoms with van der Waals surface area (Å²) in [4.78, 5) is 2.38. The number of hydrogen-bond donors (Lipinski definition) is 1. The zero-order chi connectivity index (χ0) is 15.5. The molecule has 0 aliphatic heterocycles. The monoisotopic (exact) mass is 292 g/mol. The van der Waals surface area contributed by atoms with Gasteiger partial charge in [0.15, 0.2) is 0 Å². The fourth-order valence-electron chi connectivity index (χ4n) is 3.87. The molecule has 120 valence electrons. The van der Waals surface area contributed by atoms with Crippen molar-refractivity contribution in [2.75, 3.05) is 13.6 Å². The normalized spacial score (nSPS) is 25.2. The molecular formula is C18H32N2O. The minimum Gasteiger partial charge on any atom is -0.468 e. The molecule has 2 rings (SSSR count). The van der Waals surface area contributed by atoms with Gasteiger partial charge in [-0.15, -0.1) is 0 Å². The number of nitrogens with zero attached hydrogens (tertiary/aromatic N) is 1. The van der Waals surface area contributed by atoms with Crippen LogP contribution in [0.1, 0.15) is 52.2 Å². The average Bonchev–Trinajstić information content (AvgIpc) is 2.92. The summed E-state index contributed by atoms with van der Waals surface area (Å²) in [5.41, 5.74) is 6.53. The van der Waals surface area contributed by atoms with E-state index in [0.717, 1.165) is 30.7 Å². The van der Waals surface area contributed by atoms with Gasteiger partial charge < -0.3 is 10.2 Å². The van der Waals surface area contributed by atoms with E-state index in [4.69, 9.17) is 10.2 Å². The molecule has 1 saturated carbocycles. The third-order valence-corrected chi connectivity index (χ3v) is 5.33. The second-order valence-electron chi connectivity index (χ2n) is 7.78. The summed E-state index contributed by atoms with van der Waals surface area (Å²) in [5.74, 6) is 2.62. The lowest BCUT2D eigenvalue weighted by Gasteiger charge is -2.41. The fraction of sp³-hybridized carbons (Fsp3) is 0.778. The van der Waals surface area contributed by atoms with Crippen LogP contribution in [0.3, 0.4) is 0 Å². The summed E-state index contributed by atoms with van der Waals surface area (Å²) >= 11 is 0. The Morgan fingerprint density at radius 3 is 2.43 bits per heavy atom. The van der Waals surface area contributed by atoms with Crippen LogP contribution in [-0.2, 0) is 6.54 Å². The van der Waals surface area contributed by atoms with Crippen LogP contribution >= 0.6 is 0 Å². The zero-order valence-electron chi connectivity index (χ0n) is 14.1. The molecule has 1 aliphatic carbocycles. The first-order valence-electron chi connectivity index (χ1n) is 8.34. The van der Waals surface area contributed by atoms with Crippen molar-refractivity contribution in [2.45, 2.75) is 59.0 Å². The van der Waals surface area contributed by atoms with Crippen LogP contribution in [0.15, 0.2) is 22.8 Å². The minimum atomic E-state index is 0.448. The van der Waals surface area contributed by atoms with Gasteiger partial charge in [0.2, 0.25) is 0 Å². The number of rotatable bonds is 5. The van der Waals surface area contributed by atoms with Gasteiger partial charge in [-0.25, -0.2) is 0 Å². The van der Waals surface area contributed by atoms with Gasteiger partial charge >= 0.3 is 0 Å². The van der Waals surface area contributed by atoms with Crippen LogP contribution in [-0.4, -0.2) is 24.5 Å². The summed E-state index contributed by atoms with van der Waals surface area (Å²) < 4.78 is 5.47. The predicted molar refractivity (Wildman–Crippen MR) is 87.9 cm³/mol. The van der Waals surface area contributed by atoms with Crippen molar-refractivity contribution in [1.29, 1.82) is 0 Å². The highest BCUT2D eigenvalue weighted by Gasteiger charge is 2.33. The summed E-state index contributed by atoms with van der Waals surface area (Å²) in [6, 6.07) is 4.46. The Morgan fingerprint density at radius 1 is 1.29 bits per heavy atom. The molecular weight excluding hydrogens is 260 g/mol. The van der Waals surface area contributed by atoms with Gasteiger partial charge in [-0.1, -0.05) is 20.8 Å². The third kappa shape index (κ3) is 4.33. The first-order chi connectivity index (χ1) is 9.91. The van der Waals surface area contributed by atoms with Crippen molar-refractivity contribution >= 4 is 0 Å². The van der Waals surface area contributed by atoms with Gasteiger partial charge in [-0.2, -0.15) is 0 Å². The number of likely N-dealkylation sites (N-methyl/N-ethyl adjacent to an activating group) is 1. The molecule has 1 heterocycles. The van der Waals surface area contributed by atoms with Crippen LogP contribution in [0.5, 0.6) is 0 Å². The van der Waals surface area contributed by atoms with Gasteiger partial charge in [0.25, 0.3) is 0 Å². The molecule has 1 aromatic heterocycles. The first kappa shape index (κ1) is 16.6. The van der Waals surface area contributed by atoms with E-state index >= 15 is 0 Å². The molecule has 1 atom stereocenters. The van der Waals surface area contributed by atoms with Crippen molar-refractivity contribution in [3.05, 3.63) is 24.2 Å². The quantitative estimate of drug-likeness (QED) is 0.895. The summed E-state index contributed by atoms with van der Waals surface area (Å²) in [7, 11) is 2.18. The maximum atomic E-state index is 6.08. The lowest BCUT2D eigenvalue weighted by atomic mass is 9.68. The van der Waals surface area contributed by atoms with E-state index in [0.29, 0.717) is 11.5 Å². The van der Waals surface area contributed by atoms with Gasteiger partial charge in [0, 0.05) is 12.6 Å². The molecule has 1 unspecified atom stereocenters. The molecule has 2 N–H and O–H groups in total. The van der Waals surface area contributed by atoms with E-state index in [1.807, 2.05) is 12.1 Å². The Labute approximate surface area is 129 Å². The van der Waals surface area contributed by atoms with E-state index in [2.05, 4.69) is 32.7 Å². The maximum Gasteiger partial charge on any atom is 0.117 e. The van der Waals surface area contributed by atoms with E-state index < -0.39 is 0 Å². The highest BCUT2D eigenvalue weighted by atomic mass is 16.3. The molecule has 0 aromatic carbocycles. The van der Waals surface area contributed by atoms with Gasteiger partial charge in [0.1, 0.15) is 5.76 Å². The largest absolute Gasteiger partial charge is 0.468 e. The van der Waals surface area contributed by atoms with Crippen molar-refractivity contribution in [3.8, 4) is 0 Å². The van der Waals surface area contributed by atoms with E-state index in [9.17, 15) is 0 Å². The molecule has 0 bridgehead atoms. The van der Waals surface area contributed by atoms with Crippen LogP contribution in [0.4, 0.5) is 0 Å². The van der Waals surface area contributed by atoms with Crippen LogP contribution in [0, 0.1) is 17.3 Å². The van der Waals surface area contributed by atoms with Crippen LogP contribution in [0.2, 0.25) is 0 Å². The minimum absolute atomic E-state index is 0.448. The van der Waals surface area contributed by atoms with Crippen molar-refractivity contribution in [1.82, 2.24) is 4.90 Å². The summed E-state index contributed by atoms with van der Waals surface area (Å²) in [6.07, 6.45) is 7.06. The summed E-state index contributed by atoms with van der Waals surface area (Å²) in [6.45, 7) is 8.72. The molecule has 1 aromatic rings. The maximum absolute atomic E-state index is 6.08. The molecule has 0 spiro atoms. The topological polar surface area (TPSA) is 42.4 Å². The number of nitrogens with two attached hydrogens (primary N) is 1. The Bertz CT molecular complexity index is 399. The Kier molecular flexibility index (Phi) is 5.50.